The summed E-state index contributed by atoms with van der Waals surface area (Å²) < 4.78 is 29.4. The molecule has 254 valence electrons. The standard InChI is InChI=1S/C40H37N3O7/c1-46-35-19-17-29(41-38(44)49-25-27-11-5-3-6-12-27)23-32(35)40-21-22-48-37(40)43(33-16-10-9-15-31(33)40)34-24-30(18-20-36(34)47-2)42-39(45)50-26-28-13-7-4-8-14-28/h3-20,23-24,37H,21-22,25-26H2,1-2H3,(H,41,44)(H,42,45)/t37-,40-/m1/s1. The predicted octanol–water partition coefficient (Wildman–Crippen LogP) is 8.39. The first-order valence-electron chi connectivity index (χ1n) is 16.3. The van der Waals surface area contributed by atoms with Crippen molar-refractivity contribution in [2.75, 3.05) is 36.4 Å². The monoisotopic (exact) mass is 671 g/mol. The largest absolute Gasteiger partial charge is 0.496 e. The van der Waals surface area contributed by atoms with Gasteiger partial charge in [0.1, 0.15) is 30.9 Å². The van der Waals surface area contributed by atoms with E-state index in [1.165, 1.54) is 0 Å². The highest BCUT2D eigenvalue weighted by Gasteiger charge is 2.58. The number of nitrogens with zero attached hydrogens (tertiary/aromatic N) is 1. The summed E-state index contributed by atoms with van der Waals surface area (Å²) in [6, 6.07) is 38.2. The van der Waals surface area contributed by atoms with Crippen molar-refractivity contribution in [3.05, 3.63) is 144 Å². The molecule has 5 aromatic rings. The number of benzene rings is 5. The van der Waals surface area contributed by atoms with E-state index in [9.17, 15) is 9.59 Å². The van der Waals surface area contributed by atoms with Crippen molar-refractivity contribution < 1.29 is 33.3 Å². The van der Waals surface area contributed by atoms with E-state index in [0.717, 1.165) is 27.9 Å². The number of rotatable bonds is 10. The fourth-order valence-electron chi connectivity index (χ4n) is 6.86. The van der Waals surface area contributed by atoms with Crippen LogP contribution in [0.5, 0.6) is 11.5 Å². The molecule has 2 amide bonds. The van der Waals surface area contributed by atoms with Gasteiger partial charge in [0.15, 0.2) is 0 Å². The molecule has 10 nitrogen and oxygen atoms in total. The maximum absolute atomic E-state index is 12.9. The normalized spacial score (nSPS) is 17.3. The molecule has 0 aromatic heterocycles. The van der Waals surface area contributed by atoms with Crippen LogP contribution in [-0.2, 0) is 32.8 Å². The second-order valence-electron chi connectivity index (χ2n) is 12.0. The van der Waals surface area contributed by atoms with E-state index in [1.807, 2.05) is 103 Å². The van der Waals surface area contributed by atoms with Crippen molar-refractivity contribution in [2.24, 2.45) is 0 Å². The van der Waals surface area contributed by atoms with Gasteiger partial charge in [-0.05, 0) is 65.6 Å². The zero-order valence-corrected chi connectivity index (χ0v) is 27.8. The second kappa shape index (κ2) is 14.2. The topological polar surface area (TPSA) is 108 Å². The maximum atomic E-state index is 12.9. The van der Waals surface area contributed by atoms with Gasteiger partial charge in [-0.2, -0.15) is 0 Å². The summed E-state index contributed by atoms with van der Waals surface area (Å²) in [5.74, 6) is 1.25. The number of para-hydroxylation sites is 1. The molecule has 10 heteroatoms. The van der Waals surface area contributed by atoms with Crippen molar-refractivity contribution in [2.45, 2.75) is 31.3 Å². The summed E-state index contributed by atoms with van der Waals surface area (Å²) >= 11 is 0. The van der Waals surface area contributed by atoms with Gasteiger partial charge >= 0.3 is 12.2 Å². The lowest BCUT2D eigenvalue weighted by molar-refractivity contribution is 0.0996. The molecular weight excluding hydrogens is 634 g/mol. The van der Waals surface area contributed by atoms with Gasteiger partial charge in [0.2, 0.25) is 0 Å². The molecule has 0 saturated carbocycles. The first-order chi connectivity index (χ1) is 24.5. The first kappa shape index (κ1) is 32.5. The van der Waals surface area contributed by atoms with Gasteiger partial charge in [0.25, 0.3) is 0 Å². The van der Waals surface area contributed by atoms with E-state index in [1.54, 1.807) is 26.4 Å². The number of fused-ring (bicyclic) bond motifs is 3. The number of hydrogen-bond donors (Lipinski definition) is 2. The van der Waals surface area contributed by atoms with Crippen molar-refractivity contribution >= 4 is 34.9 Å². The number of nitrogens with one attached hydrogen (secondary N) is 2. The Kier molecular flexibility index (Phi) is 9.26. The van der Waals surface area contributed by atoms with Gasteiger partial charge in [-0.3, -0.25) is 10.6 Å². The molecule has 2 aliphatic heterocycles. The van der Waals surface area contributed by atoms with Crippen LogP contribution in [0.2, 0.25) is 0 Å². The summed E-state index contributed by atoms with van der Waals surface area (Å²) in [4.78, 5) is 27.8. The fraction of sp³-hybridized carbons (Fsp3) is 0.200. The highest BCUT2D eigenvalue weighted by molar-refractivity contribution is 5.89. The summed E-state index contributed by atoms with van der Waals surface area (Å²) in [5.41, 5.74) is 5.70. The average Bonchev–Trinajstić information content (AvgIpc) is 3.71. The molecule has 0 spiro atoms. The third kappa shape index (κ3) is 6.28. The second-order valence-corrected chi connectivity index (χ2v) is 12.0. The molecular formula is C40H37N3O7. The first-order valence-corrected chi connectivity index (χ1v) is 16.3. The Bertz CT molecular complexity index is 1990. The average molecular weight is 672 g/mol. The minimum absolute atomic E-state index is 0.147. The maximum Gasteiger partial charge on any atom is 0.411 e. The zero-order valence-electron chi connectivity index (χ0n) is 27.8. The Hall–Kier alpha value is -6.00. The summed E-state index contributed by atoms with van der Waals surface area (Å²) in [6.45, 7) is 0.772. The quantitative estimate of drug-likeness (QED) is 0.153. The molecule has 50 heavy (non-hydrogen) atoms. The van der Waals surface area contributed by atoms with Crippen LogP contribution in [0, 0.1) is 0 Å². The third-order valence-corrected chi connectivity index (χ3v) is 9.11. The van der Waals surface area contributed by atoms with Gasteiger partial charge in [0.05, 0.1) is 31.9 Å². The number of amides is 2. The summed E-state index contributed by atoms with van der Waals surface area (Å²) in [6.07, 6.45) is -1.00. The Morgan fingerprint density at radius 1 is 0.680 bits per heavy atom. The van der Waals surface area contributed by atoms with Crippen molar-refractivity contribution in [3.8, 4) is 11.5 Å². The lowest BCUT2D eigenvalue weighted by atomic mass is 9.73. The van der Waals surface area contributed by atoms with E-state index in [0.29, 0.717) is 41.6 Å². The number of carbonyl (C=O) groups excluding carboxylic acids is 2. The van der Waals surface area contributed by atoms with Crippen LogP contribution >= 0.6 is 0 Å². The van der Waals surface area contributed by atoms with Gasteiger partial charge in [-0.1, -0.05) is 78.9 Å². The van der Waals surface area contributed by atoms with E-state index in [-0.39, 0.29) is 13.2 Å². The summed E-state index contributed by atoms with van der Waals surface area (Å²) in [5, 5.41) is 5.75. The van der Waals surface area contributed by atoms with Crippen LogP contribution in [0.4, 0.5) is 32.3 Å². The molecule has 2 atom stereocenters. The number of ether oxygens (including phenoxy) is 5. The molecule has 5 aromatic carbocycles. The predicted molar refractivity (Wildman–Crippen MR) is 190 cm³/mol. The van der Waals surface area contributed by atoms with Crippen LogP contribution in [-0.4, -0.2) is 39.2 Å². The van der Waals surface area contributed by atoms with Crippen LogP contribution in [0.1, 0.15) is 28.7 Å². The van der Waals surface area contributed by atoms with Crippen molar-refractivity contribution in [1.82, 2.24) is 0 Å². The smallest absolute Gasteiger partial charge is 0.411 e. The van der Waals surface area contributed by atoms with Crippen molar-refractivity contribution in [1.29, 1.82) is 0 Å². The Balaban J connectivity index is 1.20. The SMILES string of the molecule is COc1ccc(NC(=O)OCc2ccccc2)cc1N1c2ccccc2[C@@]2(c3cc(NC(=O)OCc4ccccc4)ccc3OC)CCO[C@@H]12. The Labute approximate surface area is 290 Å². The highest BCUT2D eigenvalue weighted by atomic mass is 16.6. The number of carbonyl (C=O) groups is 2. The van der Waals surface area contributed by atoms with Gasteiger partial charge in [-0.15, -0.1) is 0 Å². The van der Waals surface area contributed by atoms with Crippen molar-refractivity contribution in [3.63, 3.8) is 0 Å². The van der Waals surface area contributed by atoms with E-state index in [2.05, 4.69) is 21.6 Å². The molecule has 2 aliphatic rings. The Morgan fingerprint density at radius 3 is 1.86 bits per heavy atom. The molecule has 0 radical (unpaired) electrons. The van der Waals surface area contributed by atoms with Crippen LogP contribution in [0.3, 0.4) is 0 Å². The van der Waals surface area contributed by atoms with Gasteiger partial charge < -0.3 is 28.6 Å². The van der Waals surface area contributed by atoms with E-state index in [4.69, 9.17) is 23.7 Å². The molecule has 1 saturated heterocycles. The lowest BCUT2D eigenvalue weighted by Gasteiger charge is -2.34. The van der Waals surface area contributed by atoms with Gasteiger partial charge in [-0.25, -0.2) is 9.59 Å². The zero-order chi connectivity index (χ0) is 34.5. The molecule has 0 unspecified atom stereocenters. The van der Waals surface area contributed by atoms with Gasteiger partial charge in [0, 0.05) is 22.6 Å². The van der Waals surface area contributed by atoms with Crippen LogP contribution in [0.25, 0.3) is 0 Å². The number of anilines is 4. The molecule has 2 heterocycles. The number of hydrogen-bond acceptors (Lipinski definition) is 8. The van der Waals surface area contributed by atoms with Crippen LogP contribution in [0.15, 0.2) is 121 Å². The minimum atomic E-state index is -0.684. The minimum Gasteiger partial charge on any atom is -0.496 e. The van der Waals surface area contributed by atoms with Crippen LogP contribution < -0.4 is 25.0 Å². The van der Waals surface area contributed by atoms with E-state index < -0.39 is 23.8 Å². The molecule has 2 N–H and O–H groups in total. The Morgan fingerprint density at radius 2 is 1.24 bits per heavy atom. The fourth-order valence-corrected chi connectivity index (χ4v) is 6.86. The summed E-state index contributed by atoms with van der Waals surface area (Å²) in [7, 11) is 3.25. The molecule has 7 rings (SSSR count). The van der Waals surface area contributed by atoms with E-state index >= 15 is 0 Å². The molecule has 0 bridgehead atoms. The molecule has 0 aliphatic carbocycles. The third-order valence-electron chi connectivity index (χ3n) is 9.11. The lowest BCUT2D eigenvalue weighted by Crippen LogP contribution is -2.41. The highest BCUT2D eigenvalue weighted by Crippen LogP contribution is 2.60. The molecule has 1 fully saturated rings. The number of methoxy groups -OCH3 is 2.